The van der Waals surface area contributed by atoms with Gasteiger partial charge in [0, 0.05) is 76.4 Å². The first kappa shape index (κ1) is 127. The summed E-state index contributed by atoms with van der Waals surface area (Å²) in [6, 6.07) is 62.8. The summed E-state index contributed by atoms with van der Waals surface area (Å²) in [5.74, 6) is 8.27. The van der Waals surface area contributed by atoms with Crippen molar-refractivity contribution in [3.05, 3.63) is 321 Å². The van der Waals surface area contributed by atoms with Crippen molar-refractivity contribution in [1.29, 1.82) is 0 Å². The van der Waals surface area contributed by atoms with Gasteiger partial charge in [0.1, 0.15) is 0 Å². The predicted octanol–water partition coefficient (Wildman–Crippen LogP) is 18.5. The number of H-pyrrole nitrogens is 1. The highest BCUT2D eigenvalue weighted by Crippen LogP contribution is 2.38. The number of aliphatic hydroxyl groups is 6. The molecule has 0 saturated carbocycles. The monoisotopic (exact) mass is 2030 g/mol. The molecular formula is C86H100F15IN14O12S3. The van der Waals surface area contributed by atoms with Gasteiger partial charge in [0.25, 0.3) is 11.8 Å². The van der Waals surface area contributed by atoms with Crippen LogP contribution in [0.25, 0.3) is 11.4 Å². The molecule has 0 unspecified atom stereocenters. The summed E-state index contributed by atoms with van der Waals surface area (Å²) in [5.41, 5.74) is 21.0. The number of nitrogens with one attached hydrogen (secondary N) is 5. The van der Waals surface area contributed by atoms with E-state index >= 15 is 0 Å². The molecule has 131 heavy (non-hydrogen) atoms. The number of nitrogens with two attached hydrogens (primary N) is 5. The van der Waals surface area contributed by atoms with Crippen LogP contribution in [0.15, 0.2) is 253 Å². The molecule has 11 aromatic rings. The number of aromatic amines is 1. The molecule has 2 amide bonds. The number of carboxylic acids is 2. The first-order chi connectivity index (χ1) is 61.2. The number of aromatic nitrogens is 3. The Morgan fingerprint density at radius 1 is 0.420 bits per heavy atom. The van der Waals surface area contributed by atoms with Crippen LogP contribution in [0.3, 0.4) is 0 Å². The number of carbonyl (C=O) groups is 4. The number of aryl methyl sites for hydroxylation is 5. The number of hydrazine groups is 2. The Kier molecular flexibility index (Phi) is 66.5. The molecule has 10 aromatic carbocycles. The molecule has 0 aliphatic heterocycles. The SMILES string of the molecule is CO.CO.CO.CO.CO.CO.CSC(N)=Nc1ccc(C)c(C(F)(F)F)c1.Cc1ccc(N)cc1C(F)(F)F.Cc1ccc(N=C=S)cc1C(F)(F)F.Cc1ccc(NC(N)=S)cc1C(F)(F)F.Cc1ccc(Nc2n[nH]c(-c3ccccc3)n2)cc1C(F)(F)F.I.NNC(=O)c1ccccc1.NNC(=O)c1ccccc1.O=C(O)c1ccccc1.O=C(O)c1ccccc1. The number of carboxylic acid groups (broad SMARTS) is 2. The number of anilines is 4. The number of amides is 2. The zero-order chi connectivity index (χ0) is 101. The zero-order valence-electron chi connectivity index (χ0n) is 71.8. The van der Waals surface area contributed by atoms with Gasteiger partial charge in [0.05, 0.1) is 55.5 Å². The number of carbonyl (C=O) groups excluding carboxylic acids is 2. The number of nitrogen functional groups attached to an aromatic ring is 3. The van der Waals surface area contributed by atoms with Gasteiger partial charge in [-0.3, -0.25) is 25.5 Å². The number of amidine groups is 1. The number of aliphatic hydroxyl groups excluding tert-OH is 6. The van der Waals surface area contributed by atoms with Gasteiger partial charge in [-0.05, 0) is 202 Å². The lowest BCUT2D eigenvalue weighted by molar-refractivity contribution is -0.138. The standard InChI is InChI=1S/C16H13F3N4.C10H11F3N2S.C9H9F3N2S.C9H6F3NS.C8H8F3N.2C7H8N2O.2C7H6O2.6CH4O.HI/c1-10-7-8-12(9-13(10)16(17,18)19)20-15-21-14(22-23-15)11-5-3-2-4-6-11;1-6-3-4-7(15-9(14)16-2)5-8(6)10(11,12)13;1-5-2-3-6(14-8(13)15)4-7(5)9(10,11)12;1-6-2-3-7(13-5-14)4-8(6)9(10,11)12;1-5-2-3-6(12)4-7(5)8(9,10)11;2*8-9-7(10)6-4-2-1-3-5-6;2*8-7(9)6-4-2-1-3-5-6;6*1-2;/h2-9H,1H3,(H2,20,21,22,23);3-5H,1-2H3,(H2,14,15);2-4H,1H3,(H3,13,14,15);2-4H,1H3;2-4H,12H2,1H3;2*1-5H,8H2,(H,9,10);2*1-5H,(H,8,9);6*2H,1H3;1H. The van der Waals surface area contributed by atoms with Gasteiger partial charge in [0.2, 0.25) is 5.95 Å². The van der Waals surface area contributed by atoms with E-state index in [0.717, 1.165) is 78.6 Å². The summed E-state index contributed by atoms with van der Waals surface area (Å²) in [7, 11) is 6.00. The van der Waals surface area contributed by atoms with E-state index in [4.69, 9.17) is 69.7 Å². The third-order valence-corrected chi connectivity index (χ3v) is 15.5. The number of nitrogens with zero attached hydrogens (tertiary/aromatic N) is 4. The second kappa shape index (κ2) is 68.6. The van der Waals surface area contributed by atoms with Crippen LogP contribution in [0.1, 0.15) is 97.1 Å². The number of aromatic carboxylic acids is 2. The number of alkyl halides is 15. The molecule has 11 rings (SSSR count). The first-order valence-corrected chi connectivity index (χ1v) is 38.1. The van der Waals surface area contributed by atoms with Crippen LogP contribution in [-0.4, -0.2) is 144 Å². The van der Waals surface area contributed by atoms with E-state index in [2.05, 4.69) is 60.2 Å². The molecule has 0 aliphatic carbocycles. The Labute approximate surface area is 777 Å². The van der Waals surface area contributed by atoms with Crippen LogP contribution in [-0.2, 0) is 30.9 Å². The molecule has 26 nitrogen and oxygen atoms in total. The van der Waals surface area contributed by atoms with Gasteiger partial charge in [-0.25, -0.2) is 26.3 Å². The Balaban J connectivity index is -0.000000454. The summed E-state index contributed by atoms with van der Waals surface area (Å²) in [6.07, 6.45) is -20.1. The van der Waals surface area contributed by atoms with E-state index in [1.54, 1.807) is 122 Å². The third-order valence-electron chi connectivity index (χ3n) is 14.8. The van der Waals surface area contributed by atoms with Crippen molar-refractivity contribution >= 4 is 134 Å². The van der Waals surface area contributed by atoms with Crippen LogP contribution >= 0.6 is 60.2 Å². The Morgan fingerprint density at radius 3 is 1.02 bits per heavy atom. The fourth-order valence-corrected chi connectivity index (χ4v) is 9.39. The van der Waals surface area contributed by atoms with E-state index in [0.29, 0.717) is 28.1 Å². The highest BCUT2D eigenvalue weighted by molar-refractivity contribution is 14.0. The van der Waals surface area contributed by atoms with Crippen molar-refractivity contribution < 1.29 is 126 Å². The summed E-state index contributed by atoms with van der Waals surface area (Å²) in [4.78, 5) is 53.5. The van der Waals surface area contributed by atoms with Crippen molar-refractivity contribution in [2.45, 2.75) is 65.5 Å². The molecule has 0 fully saturated rings. The fourth-order valence-electron chi connectivity index (χ4n) is 8.97. The zero-order valence-corrected chi connectivity index (χ0v) is 76.6. The Bertz CT molecular complexity index is 5060. The molecule has 0 bridgehead atoms. The van der Waals surface area contributed by atoms with Gasteiger partial charge >= 0.3 is 42.8 Å². The van der Waals surface area contributed by atoms with Crippen molar-refractivity contribution in [1.82, 2.24) is 26.0 Å². The van der Waals surface area contributed by atoms with Gasteiger partial charge in [0.15, 0.2) is 16.1 Å². The maximum absolute atomic E-state index is 12.9. The highest BCUT2D eigenvalue weighted by atomic mass is 127. The molecule has 45 heteroatoms. The van der Waals surface area contributed by atoms with Crippen LogP contribution < -0.4 is 50.4 Å². The fraction of sp³-hybridized carbons (Fsp3) is 0.198. The summed E-state index contributed by atoms with van der Waals surface area (Å²) in [6.45, 7) is 7.03. The maximum atomic E-state index is 12.9. The summed E-state index contributed by atoms with van der Waals surface area (Å²) in [5, 5.41) is 72.9. The molecule has 716 valence electrons. The van der Waals surface area contributed by atoms with Crippen molar-refractivity contribution in [2.24, 2.45) is 33.1 Å². The van der Waals surface area contributed by atoms with Crippen LogP contribution in [0.5, 0.6) is 0 Å². The van der Waals surface area contributed by atoms with Crippen molar-refractivity contribution in [3.8, 4) is 11.4 Å². The summed E-state index contributed by atoms with van der Waals surface area (Å²) < 4.78 is 188. The molecule has 0 radical (unpaired) electrons. The molecular weight excluding hydrogens is 1930 g/mol. The maximum Gasteiger partial charge on any atom is 0.416 e. The predicted molar refractivity (Wildman–Crippen MR) is 498 cm³/mol. The van der Waals surface area contributed by atoms with E-state index < -0.39 is 70.6 Å². The number of thiocarbonyl (C=S) groups is 2. The number of hydrogen-bond donors (Lipinski definition) is 18. The minimum atomic E-state index is -4.39. The number of benzene rings is 10. The topological polar surface area (TPSA) is 475 Å². The van der Waals surface area contributed by atoms with E-state index in [1.165, 1.54) is 101 Å². The van der Waals surface area contributed by atoms with Crippen molar-refractivity contribution in [2.75, 3.05) is 65.3 Å². The van der Waals surface area contributed by atoms with Gasteiger partial charge in [-0.2, -0.15) is 75.8 Å². The van der Waals surface area contributed by atoms with Gasteiger partial charge in [-0.15, -0.1) is 29.1 Å². The van der Waals surface area contributed by atoms with Crippen LogP contribution in [0.2, 0.25) is 0 Å². The number of rotatable bonds is 10. The molecule has 0 aliphatic rings. The molecule has 1 aromatic heterocycles. The van der Waals surface area contributed by atoms with E-state index in [-0.39, 0.29) is 108 Å². The van der Waals surface area contributed by atoms with Crippen LogP contribution in [0.4, 0.5) is 100 Å². The molecule has 23 N–H and O–H groups in total. The molecule has 0 atom stereocenters. The number of thioether (sulfide) groups is 1. The van der Waals surface area contributed by atoms with E-state index in [1.807, 2.05) is 58.5 Å². The number of isothiocyanates is 1. The first-order valence-electron chi connectivity index (χ1n) is 36.0. The summed E-state index contributed by atoms with van der Waals surface area (Å²) >= 11 is 10.0. The van der Waals surface area contributed by atoms with Gasteiger partial charge < -0.3 is 68.7 Å². The second-order valence-corrected chi connectivity index (χ2v) is 24.9. The average molecular weight is 2030 g/mol. The number of hydrogen-bond acceptors (Lipinski definition) is 21. The van der Waals surface area contributed by atoms with Crippen molar-refractivity contribution in [3.63, 3.8) is 0 Å². The normalized spacial score (nSPS) is 9.96. The quantitative estimate of drug-likeness (QED) is 0.00696. The Morgan fingerprint density at radius 2 is 0.710 bits per heavy atom. The van der Waals surface area contributed by atoms with Gasteiger partial charge in [-0.1, -0.05) is 145 Å². The molecule has 0 saturated heterocycles. The van der Waals surface area contributed by atoms with Crippen LogP contribution in [0, 0.1) is 34.6 Å². The lowest BCUT2D eigenvalue weighted by atomic mass is 10.1. The molecule has 1 heterocycles. The third kappa shape index (κ3) is 52.7. The second-order valence-electron chi connectivity index (χ2n) is 23.5. The lowest BCUT2D eigenvalue weighted by Crippen LogP contribution is -2.29. The number of halogens is 16. The lowest BCUT2D eigenvalue weighted by Gasteiger charge is -2.12. The smallest absolute Gasteiger partial charge is 0.416 e. The molecule has 0 spiro atoms. The highest BCUT2D eigenvalue weighted by Gasteiger charge is 2.36. The average Bonchev–Trinajstić information content (AvgIpc) is 1.63. The minimum Gasteiger partial charge on any atom is -0.478 e. The Hall–Kier alpha value is -12.5. The minimum absolute atomic E-state index is 0. The number of aliphatic imine (C=N–C) groups is 2. The largest absolute Gasteiger partial charge is 0.478 e. The van der Waals surface area contributed by atoms with E-state index in [9.17, 15) is 85.0 Å².